The summed E-state index contributed by atoms with van der Waals surface area (Å²) in [6.07, 6.45) is 0. The molecule has 2 atom stereocenters. The van der Waals surface area contributed by atoms with Gasteiger partial charge >= 0.3 is 0 Å². The predicted octanol–water partition coefficient (Wildman–Crippen LogP) is 3.21. The van der Waals surface area contributed by atoms with Crippen LogP contribution in [0.4, 0.5) is 0 Å². The van der Waals surface area contributed by atoms with Gasteiger partial charge in [-0.25, -0.2) is 0 Å². The van der Waals surface area contributed by atoms with Crippen LogP contribution in [0.5, 0.6) is 0 Å². The fourth-order valence-electron chi connectivity index (χ4n) is 2.28. The Bertz CT molecular complexity index is 592. The number of benzene rings is 2. The molecule has 0 saturated heterocycles. The van der Waals surface area contributed by atoms with E-state index < -0.39 is 6.04 Å². The van der Waals surface area contributed by atoms with Crippen LogP contribution >= 0.6 is 0 Å². The zero-order valence-corrected chi connectivity index (χ0v) is 12.8. The zero-order chi connectivity index (χ0) is 15.4. The van der Waals surface area contributed by atoms with Gasteiger partial charge in [-0.1, -0.05) is 60.2 Å². The van der Waals surface area contributed by atoms with E-state index in [0.29, 0.717) is 0 Å². The normalized spacial score (nSPS) is 13.5. The maximum atomic E-state index is 12.5. The van der Waals surface area contributed by atoms with E-state index in [1.807, 2.05) is 37.3 Å². The van der Waals surface area contributed by atoms with E-state index in [-0.39, 0.29) is 11.9 Å². The van der Waals surface area contributed by atoms with E-state index in [1.54, 1.807) is 11.9 Å². The highest BCUT2D eigenvalue weighted by Gasteiger charge is 2.23. The highest BCUT2D eigenvalue weighted by atomic mass is 16.2. The second kappa shape index (κ2) is 6.55. The van der Waals surface area contributed by atoms with E-state index in [9.17, 15) is 4.79 Å². The molecule has 0 spiro atoms. The highest BCUT2D eigenvalue weighted by molar-refractivity contribution is 5.83. The lowest BCUT2D eigenvalue weighted by Crippen LogP contribution is -2.37. The quantitative estimate of drug-likeness (QED) is 0.936. The van der Waals surface area contributed by atoms with Gasteiger partial charge in [0.2, 0.25) is 5.91 Å². The molecule has 110 valence electrons. The zero-order valence-electron chi connectivity index (χ0n) is 12.8. The average Bonchev–Trinajstić information content (AvgIpc) is 2.53. The van der Waals surface area contributed by atoms with Crippen molar-refractivity contribution >= 4 is 5.91 Å². The summed E-state index contributed by atoms with van der Waals surface area (Å²) in [7, 11) is 1.80. The van der Waals surface area contributed by atoms with Crippen molar-refractivity contribution in [2.24, 2.45) is 5.73 Å². The third-order valence-electron chi connectivity index (χ3n) is 3.91. The molecule has 0 heterocycles. The van der Waals surface area contributed by atoms with Crippen LogP contribution in [0, 0.1) is 6.92 Å². The number of likely N-dealkylation sites (N-methyl/N-ethyl adjacent to an activating group) is 1. The molecule has 0 aliphatic carbocycles. The van der Waals surface area contributed by atoms with Gasteiger partial charge < -0.3 is 10.6 Å². The van der Waals surface area contributed by atoms with Crippen LogP contribution in [0.3, 0.4) is 0 Å². The summed E-state index contributed by atoms with van der Waals surface area (Å²) in [5, 5.41) is 0. The predicted molar refractivity (Wildman–Crippen MR) is 85.7 cm³/mol. The molecule has 3 heteroatoms. The third-order valence-corrected chi connectivity index (χ3v) is 3.91. The molecule has 2 unspecified atom stereocenters. The van der Waals surface area contributed by atoms with Gasteiger partial charge in [0.05, 0.1) is 6.04 Å². The van der Waals surface area contributed by atoms with E-state index in [0.717, 1.165) is 11.1 Å². The maximum Gasteiger partial charge on any atom is 0.244 e. The minimum Gasteiger partial charge on any atom is -0.337 e. The van der Waals surface area contributed by atoms with Crippen LogP contribution < -0.4 is 5.73 Å². The summed E-state index contributed by atoms with van der Waals surface area (Å²) in [5.74, 6) is -0.0747. The van der Waals surface area contributed by atoms with Crippen LogP contribution in [0.2, 0.25) is 0 Å². The van der Waals surface area contributed by atoms with Crippen LogP contribution in [0.15, 0.2) is 54.6 Å². The van der Waals surface area contributed by atoms with Crippen LogP contribution in [0.25, 0.3) is 0 Å². The Hall–Kier alpha value is -2.13. The lowest BCUT2D eigenvalue weighted by Gasteiger charge is -2.28. The van der Waals surface area contributed by atoms with Crippen molar-refractivity contribution in [2.75, 3.05) is 7.05 Å². The lowest BCUT2D eigenvalue weighted by atomic mass is 10.0. The van der Waals surface area contributed by atoms with Crippen molar-refractivity contribution in [3.63, 3.8) is 0 Å². The minimum atomic E-state index is -0.621. The van der Waals surface area contributed by atoms with Crippen molar-refractivity contribution in [1.29, 1.82) is 0 Å². The number of hydrogen-bond acceptors (Lipinski definition) is 2. The van der Waals surface area contributed by atoms with Gasteiger partial charge in [0, 0.05) is 7.05 Å². The Morgan fingerprint density at radius 3 is 2.14 bits per heavy atom. The molecule has 2 aromatic rings. The number of rotatable bonds is 4. The Morgan fingerprint density at radius 1 is 1.00 bits per heavy atom. The summed E-state index contributed by atoms with van der Waals surface area (Å²) in [4.78, 5) is 14.2. The molecule has 3 nitrogen and oxygen atoms in total. The number of carbonyl (C=O) groups is 1. The van der Waals surface area contributed by atoms with E-state index in [1.165, 1.54) is 5.56 Å². The van der Waals surface area contributed by atoms with Gasteiger partial charge in [0.1, 0.15) is 6.04 Å². The lowest BCUT2D eigenvalue weighted by molar-refractivity contribution is -0.133. The van der Waals surface area contributed by atoms with Crippen molar-refractivity contribution in [3.8, 4) is 0 Å². The van der Waals surface area contributed by atoms with E-state index in [4.69, 9.17) is 5.73 Å². The van der Waals surface area contributed by atoms with Crippen molar-refractivity contribution in [3.05, 3.63) is 71.3 Å². The molecule has 2 aromatic carbocycles. The molecule has 0 aromatic heterocycles. The van der Waals surface area contributed by atoms with Crippen molar-refractivity contribution in [1.82, 2.24) is 4.90 Å². The molecule has 0 bridgehead atoms. The molecule has 21 heavy (non-hydrogen) atoms. The van der Waals surface area contributed by atoms with Crippen LogP contribution in [-0.2, 0) is 4.79 Å². The van der Waals surface area contributed by atoms with Crippen LogP contribution in [0.1, 0.15) is 35.7 Å². The minimum absolute atomic E-state index is 0.00661. The Balaban J connectivity index is 2.13. The summed E-state index contributed by atoms with van der Waals surface area (Å²) in [6, 6.07) is 17.1. The summed E-state index contributed by atoms with van der Waals surface area (Å²) < 4.78 is 0. The van der Waals surface area contributed by atoms with E-state index in [2.05, 4.69) is 31.2 Å². The number of carbonyl (C=O) groups excluding carboxylic acids is 1. The molecule has 0 fully saturated rings. The largest absolute Gasteiger partial charge is 0.337 e. The molecular weight excluding hydrogens is 260 g/mol. The van der Waals surface area contributed by atoms with E-state index >= 15 is 0 Å². The SMILES string of the molecule is Cc1ccc(C(C)N(C)C(=O)C(N)c2ccccc2)cc1. The van der Waals surface area contributed by atoms with Crippen molar-refractivity contribution in [2.45, 2.75) is 25.9 Å². The molecule has 2 N–H and O–H groups in total. The van der Waals surface area contributed by atoms with Gasteiger partial charge in [-0.2, -0.15) is 0 Å². The molecular formula is C18H22N2O. The van der Waals surface area contributed by atoms with Gasteiger partial charge in [0.25, 0.3) is 0 Å². The highest BCUT2D eigenvalue weighted by Crippen LogP contribution is 2.22. The molecule has 2 rings (SSSR count). The first-order valence-electron chi connectivity index (χ1n) is 7.14. The fourth-order valence-corrected chi connectivity index (χ4v) is 2.28. The standard InChI is InChI=1S/C18H22N2O/c1-13-9-11-15(12-10-13)14(2)20(3)18(21)17(19)16-7-5-4-6-8-16/h4-12,14,17H,19H2,1-3H3. The number of nitrogens with zero attached hydrogens (tertiary/aromatic N) is 1. The Labute approximate surface area is 126 Å². The first-order valence-corrected chi connectivity index (χ1v) is 7.14. The van der Waals surface area contributed by atoms with Gasteiger partial charge in [-0.15, -0.1) is 0 Å². The first kappa shape index (κ1) is 15.3. The molecule has 0 aliphatic rings. The summed E-state index contributed by atoms with van der Waals surface area (Å²) in [5.41, 5.74) is 9.24. The Kier molecular flexibility index (Phi) is 4.76. The fraction of sp³-hybridized carbons (Fsp3) is 0.278. The maximum absolute atomic E-state index is 12.5. The van der Waals surface area contributed by atoms with Crippen molar-refractivity contribution < 1.29 is 4.79 Å². The summed E-state index contributed by atoms with van der Waals surface area (Å²) in [6.45, 7) is 4.06. The van der Waals surface area contributed by atoms with Gasteiger partial charge in [0.15, 0.2) is 0 Å². The number of aryl methyl sites for hydroxylation is 1. The first-order chi connectivity index (χ1) is 10.0. The average molecular weight is 282 g/mol. The molecule has 0 radical (unpaired) electrons. The number of hydrogen-bond donors (Lipinski definition) is 1. The summed E-state index contributed by atoms with van der Waals surface area (Å²) >= 11 is 0. The number of nitrogens with two attached hydrogens (primary N) is 1. The van der Waals surface area contributed by atoms with Gasteiger partial charge in [-0.3, -0.25) is 4.79 Å². The molecule has 1 amide bonds. The molecule has 0 aliphatic heterocycles. The topological polar surface area (TPSA) is 46.3 Å². The monoisotopic (exact) mass is 282 g/mol. The molecule has 0 saturated carbocycles. The van der Waals surface area contributed by atoms with Crippen LogP contribution in [-0.4, -0.2) is 17.9 Å². The third kappa shape index (κ3) is 3.50. The van der Waals surface area contributed by atoms with Gasteiger partial charge in [-0.05, 0) is 25.0 Å². The second-order valence-electron chi connectivity index (χ2n) is 5.42. The smallest absolute Gasteiger partial charge is 0.244 e. The Morgan fingerprint density at radius 2 is 1.57 bits per heavy atom. The number of amides is 1. The second-order valence-corrected chi connectivity index (χ2v) is 5.42.